The summed E-state index contributed by atoms with van der Waals surface area (Å²) in [5.41, 5.74) is 2.56. The Labute approximate surface area is 94.3 Å². The Kier molecular flexibility index (Phi) is 2.84. The number of pyridine rings is 1. The normalized spacial score (nSPS) is 10.5. The van der Waals surface area contributed by atoms with Crippen molar-refractivity contribution in [3.05, 3.63) is 53.6 Å². The number of rotatable bonds is 2. The van der Waals surface area contributed by atoms with Crippen molar-refractivity contribution in [1.82, 2.24) is 9.55 Å². The largest absolute Gasteiger partial charge is 0.351 e. The molecule has 2 aromatic heterocycles. The summed E-state index contributed by atoms with van der Waals surface area (Å²) < 4.78 is 2.04. The molecule has 0 aromatic carbocycles. The number of hydrogen-bond acceptors (Lipinski definition) is 2. The number of aryl methyl sites for hydroxylation is 1. The zero-order valence-corrected chi connectivity index (χ0v) is 8.96. The SMILES string of the molecule is Cn1cccc1/C=C/c1ccc(C#N)nc1. The Balaban J connectivity index is 2.18. The molecule has 2 heterocycles. The first-order valence-electron chi connectivity index (χ1n) is 4.95. The van der Waals surface area contributed by atoms with Gasteiger partial charge in [-0.2, -0.15) is 5.26 Å². The van der Waals surface area contributed by atoms with Crippen molar-refractivity contribution in [3.8, 4) is 6.07 Å². The first-order chi connectivity index (χ1) is 7.79. The maximum atomic E-state index is 8.61. The quantitative estimate of drug-likeness (QED) is 0.762. The van der Waals surface area contributed by atoms with E-state index in [2.05, 4.69) is 4.98 Å². The molecule has 0 bridgehead atoms. The van der Waals surface area contributed by atoms with Crippen LogP contribution >= 0.6 is 0 Å². The van der Waals surface area contributed by atoms with Gasteiger partial charge in [0.1, 0.15) is 11.8 Å². The van der Waals surface area contributed by atoms with Crippen LogP contribution in [0.1, 0.15) is 17.0 Å². The summed E-state index contributed by atoms with van der Waals surface area (Å²) in [7, 11) is 2.00. The Hall–Kier alpha value is -2.34. The zero-order chi connectivity index (χ0) is 11.4. The molecule has 0 N–H and O–H groups in total. The van der Waals surface area contributed by atoms with Crippen LogP contribution in [0.4, 0.5) is 0 Å². The van der Waals surface area contributed by atoms with Crippen LogP contribution in [0.15, 0.2) is 36.7 Å². The number of nitrogens with zero attached hydrogens (tertiary/aromatic N) is 3. The molecule has 3 nitrogen and oxygen atoms in total. The Morgan fingerprint density at radius 1 is 1.31 bits per heavy atom. The molecule has 0 spiro atoms. The summed E-state index contributed by atoms with van der Waals surface area (Å²) in [5, 5.41) is 8.61. The molecule has 0 atom stereocenters. The topological polar surface area (TPSA) is 41.6 Å². The highest BCUT2D eigenvalue weighted by atomic mass is 14.9. The monoisotopic (exact) mass is 209 g/mol. The third-order valence-electron chi connectivity index (χ3n) is 2.33. The van der Waals surface area contributed by atoms with E-state index < -0.39 is 0 Å². The van der Waals surface area contributed by atoms with E-state index >= 15 is 0 Å². The van der Waals surface area contributed by atoms with E-state index in [1.165, 1.54) is 0 Å². The van der Waals surface area contributed by atoms with Crippen LogP contribution in [0.3, 0.4) is 0 Å². The van der Waals surface area contributed by atoms with Gasteiger partial charge in [-0.1, -0.05) is 12.1 Å². The molecule has 0 amide bonds. The van der Waals surface area contributed by atoms with Gasteiger partial charge in [0, 0.05) is 25.1 Å². The van der Waals surface area contributed by atoms with Crippen molar-refractivity contribution in [3.63, 3.8) is 0 Å². The highest BCUT2D eigenvalue weighted by molar-refractivity contribution is 5.67. The van der Waals surface area contributed by atoms with Crippen LogP contribution in [0, 0.1) is 11.3 Å². The summed E-state index contributed by atoms with van der Waals surface area (Å²) in [6, 6.07) is 9.62. The molecule has 0 saturated carbocycles. The fourth-order valence-corrected chi connectivity index (χ4v) is 1.40. The molecule has 0 unspecified atom stereocenters. The number of nitriles is 1. The fourth-order valence-electron chi connectivity index (χ4n) is 1.40. The van der Waals surface area contributed by atoms with E-state index in [0.29, 0.717) is 5.69 Å². The third kappa shape index (κ3) is 2.18. The van der Waals surface area contributed by atoms with E-state index in [1.54, 1.807) is 12.3 Å². The van der Waals surface area contributed by atoms with Crippen LogP contribution in [-0.2, 0) is 7.05 Å². The molecular weight excluding hydrogens is 198 g/mol. The van der Waals surface area contributed by atoms with Gasteiger partial charge < -0.3 is 4.57 Å². The van der Waals surface area contributed by atoms with Crippen LogP contribution in [-0.4, -0.2) is 9.55 Å². The third-order valence-corrected chi connectivity index (χ3v) is 2.33. The Morgan fingerprint density at radius 3 is 2.75 bits per heavy atom. The zero-order valence-electron chi connectivity index (χ0n) is 8.96. The van der Waals surface area contributed by atoms with E-state index in [9.17, 15) is 0 Å². The molecule has 0 aliphatic heterocycles. The lowest BCUT2D eigenvalue weighted by Crippen LogP contribution is -1.87. The van der Waals surface area contributed by atoms with Gasteiger partial charge in [0.15, 0.2) is 0 Å². The van der Waals surface area contributed by atoms with E-state index in [4.69, 9.17) is 5.26 Å². The van der Waals surface area contributed by atoms with Gasteiger partial charge in [-0.3, -0.25) is 0 Å². The molecular formula is C13H11N3. The van der Waals surface area contributed by atoms with Gasteiger partial charge in [0.25, 0.3) is 0 Å². The lowest BCUT2D eigenvalue weighted by molar-refractivity contribution is 0.915. The average molecular weight is 209 g/mol. The van der Waals surface area contributed by atoms with Crippen molar-refractivity contribution in [2.75, 3.05) is 0 Å². The van der Waals surface area contributed by atoms with Gasteiger partial charge in [0.05, 0.1) is 0 Å². The first-order valence-corrected chi connectivity index (χ1v) is 4.95. The van der Waals surface area contributed by atoms with E-state index in [0.717, 1.165) is 11.3 Å². The lowest BCUT2D eigenvalue weighted by Gasteiger charge is -1.96. The highest BCUT2D eigenvalue weighted by Gasteiger charge is 1.93. The van der Waals surface area contributed by atoms with Gasteiger partial charge >= 0.3 is 0 Å². The molecule has 2 rings (SSSR count). The average Bonchev–Trinajstić information content (AvgIpc) is 2.73. The first kappa shape index (κ1) is 10.2. The van der Waals surface area contributed by atoms with Crippen molar-refractivity contribution in [1.29, 1.82) is 5.26 Å². The van der Waals surface area contributed by atoms with Crippen molar-refractivity contribution in [2.24, 2.45) is 7.05 Å². The summed E-state index contributed by atoms with van der Waals surface area (Å²) in [5.74, 6) is 0. The molecule has 16 heavy (non-hydrogen) atoms. The van der Waals surface area contributed by atoms with E-state index in [1.807, 2.05) is 54.2 Å². The lowest BCUT2D eigenvalue weighted by atomic mass is 10.2. The van der Waals surface area contributed by atoms with Gasteiger partial charge in [-0.05, 0) is 29.8 Å². The highest BCUT2D eigenvalue weighted by Crippen LogP contribution is 2.07. The summed E-state index contributed by atoms with van der Waals surface area (Å²) in [4.78, 5) is 4.00. The maximum absolute atomic E-state index is 8.61. The molecule has 0 saturated heterocycles. The molecule has 2 aromatic rings. The van der Waals surface area contributed by atoms with Gasteiger partial charge in [-0.15, -0.1) is 0 Å². The van der Waals surface area contributed by atoms with Gasteiger partial charge in [-0.25, -0.2) is 4.98 Å². The number of hydrogen-bond donors (Lipinski definition) is 0. The number of aromatic nitrogens is 2. The smallest absolute Gasteiger partial charge is 0.140 e. The van der Waals surface area contributed by atoms with Crippen LogP contribution in [0.25, 0.3) is 12.2 Å². The molecule has 0 fully saturated rings. The van der Waals surface area contributed by atoms with Crippen molar-refractivity contribution in [2.45, 2.75) is 0 Å². The van der Waals surface area contributed by atoms with Crippen LogP contribution in [0.5, 0.6) is 0 Å². The molecule has 0 radical (unpaired) electrons. The molecule has 78 valence electrons. The maximum Gasteiger partial charge on any atom is 0.140 e. The fraction of sp³-hybridized carbons (Fsp3) is 0.0769. The molecule has 0 aliphatic carbocycles. The minimum Gasteiger partial charge on any atom is -0.351 e. The Bertz CT molecular complexity index is 541. The summed E-state index contributed by atoms with van der Waals surface area (Å²) in [6.45, 7) is 0. The predicted octanol–water partition coefficient (Wildman–Crippen LogP) is 2.46. The minimum atomic E-state index is 0.441. The summed E-state index contributed by atoms with van der Waals surface area (Å²) >= 11 is 0. The summed E-state index contributed by atoms with van der Waals surface area (Å²) in [6.07, 6.45) is 7.68. The second-order valence-corrected chi connectivity index (χ2v) is 3.47. The molecule has 3 heteroatoms. The Morgan fingerprint density at radius 2 is 2.19 bits per heavy atom. The van der Waals surface area contributed by atoms with E-state index in [-0.39, 0.29) is 0 Å². The predicted molar refractivity (Wildman–Crippen MR) is 63.3 cm³/mol. The van der Waals surface area contributed by atoms with Gasteiger partial charge in [0.2, 0.25) is 0 Å². The van der Waals surface area contributed by atoms with Crippen LogP contribution in [0.2, 0.25) is 0 Å². The standard InChI is InChI=1S/C13H11N3/c1-16-8-2-3-13(16)7-5-11-4-6-12(9-14)15-10-11/h2-8,10H,1H3/b7-5+. The van der Waals surface area contributed by atoms with Crippen LogP contribution < -0.4 is 0 Å². The minimum absolute atomic E-state index is 0.441. The second kappa shape index (κ2) is 4.45. The van der Waals surface area contributed by atoms with Crippen molar-refractivity contribution < 1.29 is 0 Å². The molecule has 0 aliphatic rings. The second-order valence-electron chi connectivity index (χ2n) is 3.47. The van der Waals surface area contributed by atoms with Crippen molar-refractivity contribution >= 4 is 12.2 Å².